The summed E-state index contributed by atoms with van der Waals surface area (Å²) in [5.74, 6) is 0. The standard InChI is InChI=1S/C9H9ClN4/c1-2-3-4-14-6-13-9-7(14)8(10)11-5-12-9/h3-6H,2H2,1H3/b4-3+. The van der Waals surface area contributed by atoms with Crippen molar-refractivity contribution < 1.29 is 0 Å². The first-order valence-corrected chi connectivity index (χ1v) is 4.70. The third kappa shape index (κ3) is 1.48. The summed E-state index contributed by atoms with van der Waals surface area (Å²) in [5.41, 5.74) is 1.37. The zero-order chi connectivity index (χ0) is 9.97. The highest BCUT2D eigenvalue weighted by atomic mass is 35.5. The predicted octanol–water partition coefficient (Wildman–Crippen LogP) is 2.36. The smallest absolute Gasteiger partial charge is 0.182 e. The van der Waals surface area contributed by atoms with Gasteiger partial charge in [-0.3, -0.25) is 0 Å². The molecule has 0 aliphatic carbocycles. The molecule has 0 N–H and O–H groups in total. The van der Waals surface area contributed by atoms with Crippen molar-refractivity contribution in [3.8, 4) is 0 Å². The number of imidazole rings is 1. The van der Waals surface area contributed by atoms with E-state index in [2.05, 4.69) is 21.9 Å². The van der Waals surface area contributed by atoms with Gasteiger partial charge in [-0.15, -0.1) is 0 Å². The molecule has 0 saturated carbocycles. The summed E-state index contributed by atoms with van der Waals surface area (Å²) in [4.78, 5) is 12.0. The van der Waals surface area contributed by atoms with Crippen LogP contribution in [0.15, 0.2) is 18.7 Å². The SMILES string of the molecule is CC/C=C/n1cnc2ncnc(Cl)c21. The Hall–Kier alpha value is -1.42. The fourth-order valence-corrected chi connectivity index (χ4v) is 1.40. The Balaban J connectivity index is 2.61. The van der Waals surface area contributed by atoms with Gasteiger partial charge in [0.1, 0.15) is 18.2 Å². The van der Waals surface area contributed by atoms with Crippen molar-refractivity contribution >= 4 is 29.0 Å². The fourth-order valence-electron chi connectivity index (χ4n) is 1.17. The third-order valence-corrected chi connectivity index (χ3v) is 2.10. The second-order valence-corrected chi connectivity index (χ2v) is 3.14. The predicted molar refractivity (Wildman–Crippen MR) is 56.0 cm³/mol. The van der Waals surface area contributed by atoms with E-state index in [0.717, 1.165) is 11.9 Å². The lowest BCUT2D eigenvalue weighted by Crippen LogP contribution is -1.87. The Bertz CT molecular complexity index is 475. The number of aromatic nitrogens is 4. The number of hydrogen-bond donors (Lipinski definition) is 0. The van der Waals surface area contributed by atoms with Gasteiger partial charge in [-0.05, 0) is 6.42 Å². The highest BCUT2D eigenvalue weighted by molar-refractivity contribution is 6.33. The van der Waals surface area contributed by atoms with Gasteiger partial charge in [-0.2, -0.15) is 0 Å². The van der Waals surface area contributed by atoms with Crippen LogP contribution in [0.3, 0.4) is 0 Å². The highest BCUT2D eigenvalue weighted by Crippen LogP contribution is 2.18. The van der Waals surface area contributed by atoms with Crippen LogP contribution in [0, 0.1) is 0 Å². The Morgan fingerprint density at radius 1 is 1.43 bits per heavy atom. The number of rotatable bonds is 2. The van der Waals surface area contributed by atoms with Gasteiger partial charge >= 0.3 is 0 Å². The van der Waals surface area contributed by atoms with Crippen molar-refractivity contribution in [2.24, 2.45) is 0 Å². The quantitative estimate of drug-likeness (QED) is 0.712. The Labute approximate surface area is 86.3 Å². The lowest BCUT2D eigenvalue weighted by atomic mass is 10.4. The van der Waals surface area contributed by atoms with Crippen LogP contribution in [0.5, 0.6) is 0 Å². The molecule has 72 valence electrons. The minimum absolute atomic E-state index is 0.424. The molecule has 14 heavy (non-hydrogen) atoms. The van der Waals surface area contributed by atoms with E-state index in [1.807, 2.05) is 16.8 Å². The van der Waals surface area contributed by atoms with Gasteiger partial charge in [-0.1, -0.05) is 24.6 Å². The molecule has 4 nitrogen and oxygen atoms in total. The Morgan fingerprint density at radius 2 is 2.29 bits per heavy atom. The molecule has 0 bridgehead atoms. The highest BCUT2D eigenvalue weighted by Gasteiger charge is 2.06. The summed E-state index contributed by atoms with van der Waals surface area (Å²) in [7, 11) is 0. The van der Waals surface area contributed by atoms with E-state index in [-0.39, 0.29) is 0 Å². The Morgan fingerprint density at radius 3 is 3.07 bits per heavy atom. The van der Waals surface area contributed by atoms with Crippen LogP contribution in [-0.2, 0) is 0 Å². The molecule has 2 aromatic rings. The van der Waals surface area contributed by atoms with Crippen LogP contribution in [0.2, 0.25) is 5.15 Å². The van der Waals surface area contributed by atoms with Gasteiger partial charge in [0.05, 0.1) is 0 Å². The van der Waals surface area contributed by atoms with Crippen LogP contribution in [0.25, 0.3) is 17.4 Å². The molecule has 2 aromatic heterocycles. The number of hydrogen-bond acceptors (Lipinski definition) is 3. The summed E-state index contributed by atoms with van der Waals surface area (Å²) in [6.45, 7) is 2.06. The van der Waals surface area contributed by atoms with Gasteiger partial charge < -0.3 is 4.57 Å². The van der Waals surface area contributed by atoms with Crippen LogP contribution >= 0.6 is 11.6 Å². The van der Waals surface area contributed by atoms with E-state index < -0.39 is 0 Å². The first-order chi connectivity index (χ1) is 6.83. The molecule has 0 saturated heterocycles. The van der Waals surface area contributed by atoms with Crippen molar-refractivity contribution in [2.45, 2.75) is 13.3 Å². The van der Waals surface area contributed by atoms with Gasteiger partial charge in [0.2, 0.25) is 0 Å². The zero-order valence-corrected chi connectivity index (χ0v) is 8.44. The largest absolute Gasteiger partial charge is 0.302 e. The van der Waals surface area contributed by atoms with Crippen molar-refractivity contribution in [2.75, 3.05) is 0 Å². The topological polar surface area (TPSA) is 43.6 Å². The molecule has 0 aliphatic heterocycles. The van der Waals surface area contributed by atoms with E-state index in [1.54, 1.807) is 6.33 Å². The first kappa shape index (κ1) is 9.15. The zero-order valence-electron chi connectivity index (χ0n) is 7.68. The molecule has 0 atom stereocenters. The minimum atomic E-state index is 0.424. The summed E-state index contributed by atoms with van der Waals surface area (Å²) < 4.78 is 1.82. The molecule has 0 unspecified atom stereocenters. The lowest BCUT2D eigenvalue weighted by molar-refractivity contribution is 1.14. The maximum absolute atomic E-state index is 5.94. The molecule has 2 rings (SSSR count). The third-order valence-electron chi connectivity index (χ3n) is 1.82. The molecule has 0 fully saturated rings. The number of nitrogens with zero attached hydrogens (tertiary/aromatic N) is 4. The summed E-state index contributed by atoms with van der Waals surface area (Å²) in [5, 5.41) is 0.424. The van der Waals surface area contributed by atoms with E-state index in [9.17, 15) is 0 Å². The molecule has 0 aromatic carbocycles. The normalized spacial score (nSPS) is 11.6. The lowest BCUT2D eigenvalue weighted by Gasteiger charge is -1.96. The van der Waals surface area contributed by atoms with Gasteiger partial charge in [0.15, 0.2) is 10.8 Å². The summed E-state index contributed by atoms with van der Waals surface area (Å²) >= 11 is 5.94. The second kappa shape index (κ2) is 3.75. The summed E-state index contributed by atoms with van der Waals surface area (Å²) in [6, 6.07) is 0. The van der Waals surface area contributed by atoms with Crippen molar-refractivity contribution in [1.82, 2.24) is 19.5 Å². The van der Waals surface area contributed by atoms with E-state index in [0.29, 0.717) is 10.8 Å². The van der Waals surface area contributed by atoms with Crippen molar-refractivity contribution in [1.29, 1.82) is 0 Å². The van der Waals surface area contributed by atoms with E-state index in [4.69, 9.17) is 11.6 Å². The first-order valence-electron chi connectivity index (χ1n) is 4.32. The maximum atomic E-state index is 5.94. The molecule has 0 radical (unpaired) electrons. The number of halogens is 1. The molecule has 0 amide bonds. The fraction of sp³-hybridized carbons (Fsp3) is 0.222. The second-order valence-electron chi connectivity index (χ2n) is 2.78. The average Bonchev–Trinajstić information content (AvgIpc) is 2.59. The monoisotopic (exact) mass is 208 g/mol. The molecular formula is C9H9ClN4. The number of allylic oxidation sites excluding steroid dienone is 1. The average molecular weight is 209 g/mol. The van der Waals surface area contributed by atoms with Crippen LogP contribution < -0.4 is 0 Å². The molecule has 0 spiro atoms. The summed E-state index contributed by atoms with van der Waals surface area (Å²) in [6.07, 6.45) is 7.98. The van der Waals surface area contributed by atoms with Crippen molar-refractivity contribution in [3.05, 3.63) is 23.9 Å². The molecule has 0 aliphatic rings. The van der Waals surface area contributed by atoms with Crippen LogP contribution in [0.4, 0.5) is 0 Å². The van der Waals surface area contributed by atoms with Crippen LogP contribution in [0.1, 0.15) is 13.3 Å². The Kier molecular flexibility index (Phi) is 2.45. The van der Waals surface area contributed by atoms with Crippen LogP contribution in [-0.4, -0.2) is 19.5 Å². The molecule has 2 heterocycles. The van der Waals surface area contributed by atoms with Gasteiger partial charge in [0, 0.05) is 6.20 Å². The van der Waals surface area contributed by atoms with Crippen molar-refractivity contribution in [3.63, 3.8) is 0 Å². The van der Waals surface area contributed by atoms with Gasteiger partial charge in [-0.25, -0.2) is 15.0 Å². The molecule has 5 heteroatoms. The number of fused-ring (bicyclic) bond motifs is 1. The van der Waals surface area contributed by atoms with E-state index in [1.165, 1.54) is 6.33 Å². The maximum Gasteiger partial charge on any atom is 0.182 e. The van der Waals surface area contributed by atoms with E-state index >= 15 is 0 Å². The van der Waals surface area contributed by atoms with Gasteiger partial charge in [0.25, 0.3) is 0 Å². The molecular weight excluding hydrogens is 200 g/mol. The minimum Gasteiger partial charge on any atom is -0.302 e.